The summed E-state index contributed by atoms with van der Waals surface area (Å²) < 4.78 is 10.7. The van der Waals surface area contributed by atoms with Crippen LogP contribution in [-0.4, -0.2) is 44.5 Å². The molecule has 51 heavy (non-hydrogen) atoms. The van der Waals surface area contributed by atoms with Gasteiger partial charge in [0.05, 0.1) is 6.42 Å². The van der Waals surface area contributed by atoms with Crippen LogP contribution < -0.4 is 8.38 Å². The number of aliphatic carboxylic acids is 1. The fourth-order valence-electron chi connectivity index (χ4n) is 5.52. The summed E-state index contributed by atoms with van der Waals surface area (Å²) in [4.78, 5) is 43.6. The maximum atomic E-state index is 13.4. The van der Waals surface area contributed by atoms with E-state index >= 15 is 0 Å². The highest BCUT2D eigenvalue weighted by Crippen LogP contribution is 2.27. The largest absolute Gasteiger partial charge is 0.480 e. The highest BCUT2D eigenvalue weighted by atomic mass is 127. The topological polar surface area (TPSA) is 135 Å². The molecule has 0 aliphatic carbocycles. The zero-order valence-electron chi connectivity index (χ0n) is 27.8. The van der Waals surface area contributed by atoms with E-state index in [0.717, 1.165) is 33.4 Å². The molecular weight excluding hydrogens is 759 g/mol. The predicted octanol–water partition coefficient (Wildman–Crippen LogP) is 8.32. The van der Waals surface area contributed by atoms with E-state index in [1.54, 1.807) is 54.6 Å². The molecule has 5 aromatic carbocycles. The lowest BCUT2D eigenvalue weighted by Crippen LogP contribution is -2.35. The molecule has 6 rings (SSSR count). The van der Waals surface area contributed by atoms with Crippen molar-refractivity contribution < 1.29 is 27.1 Å². The van der Waals surface area contributed by atoms with Crippen LogP contribution in [0.3, 0.4) is 0 Å². The second-order valence-corrected chi connectivity index (χ2v) is 12.5. The average molecular weight is 793 g/mol. The van der Waals surface area contributed by atoms with Gasteiger partial charge in [0.2, 0.25) is 11.7 Å². The van der Waals surface area contributed by atoms with Gasteiger partial charge in [-0.2, -0.15) is 4.98 Å². The molecule has 2 amide bonds. The minimum absolute atomic E-state index is 0.0649. The number of carbonyl (C=O) groups is 3. The van der Waals surface area contributed by atoms with Gasteiger partial charge in [-0.05, 0) is 90.2 Å². The van der Waals surface area contributed by atoms with E-state index in [0.29, 0.717) is 34.3 Å². The highest BCUT2D eigenvalue weighted by molar-refractivity contribution is 14.1. The van der Waals surface area contributed by atoms with Crippen LogP contribution in [-0.2, 0) is 22.6 Å². The number of nitrogens with one attached hydrogen (secondary N) is 1. The number of carboxylic acid groups (broad SMARTS) is 1. The first kappa shape index (κ1) is 35.0. The molecule has 1 aromatic heterocycles. The summed E-state index contributed by atoms with van der Waals surface area (Å²) in [5.74, 6) is -0.293. The van der Waals surface area contributed by atoms with Crippen molar-refractivity contribution in [1.29, 1.82) is 0 Å². The van der Waals surface area contributed by atoms with Crippen LogP contribution in [0.25, 0.3) is 34.0 Å². The lowest BCUT2D eigenvalue weighted by molar-refractivity contribution is -0.137. The number of benzene rings is 5. The van der Waals surface area contributed by atoms with E-state index in [9.17, 15) is 19.5 Å². The monoisotopic (exact) mass is 792 g/mol. The Morgan fingerprint density at radius 2 is 1.43 bits per heavy atom. The molecular formula is C40H33IN4O6. The smallest absolute Gasteiger partial charge is 0.323 e. The van der Waals surface area contributed by atoms with Crippen molar-refractivity contribution in [2.24, 2.45) is 0 Å². The lowest BCUT2D eigenvalue weighted by Gasteiger charge is -2.21. The minimum atomic E-state index is -1.14. The summed E-state index contributed by atoms with van der Waals surface area (Å²) in [6, 6.07) is 35.3. The van der Waals surface area contributed by atoms with E-state index in [-0.39, 0.29) is 18.9 Å². The number of carboxylic acids is 1. The number of hydrogen-bond acceptors (Lipinski definition) is 7. The lowest BCUT2D eigenvalue weighted by atomic mass is 10.0. The number of rotatable bonds is 12. The third kappa shape index (κ3) is 8.86. The third-order valence-corrected chi connectivity index (χ3v) is 8.82. The quantitative estimate of drug-likeness (QED) is 0.118. The number of hydrogen-bond donors (Lipinski definition) is 2. The predicted molar refractivity (Wildman–Crippen MR) is 202 cm³/mol. The second-order valence-electron chi connectivity index (χ2n) is 12.1. The Bertz CT molecular complexity index is 2160. The molecule has 0 fully saturated rings. The Kier molecular flexibility index (Phi) is 10.9. The first-order valence-electron chi connectivity index (χ1n) is 16.0. The van der Waals surface area contributed by atoms with Crippen molar-refractivity contribution in [3.8, 4) is 39.7 Å². The number of halogens is 1. The van der Waals surface area contributed by atoms with Gasteiger partial charge in [0.1, 0.15) is 12.3 Å². The van der Waals surface area contributed by atoms with Crippen LogP contribution >= 0.6 is 23.0 Å². The van der Waals surface area contributed by atoms with Crippen LogP contribution in [0.15, 0.2) is 120 Å². The fourth-order valence-corrected chi connectivity index (χ4v) is 5.80. The van der Waals surface area contributed by atoms with E-state index < -0.39 is 18.4 Å². The molecule has 0 bridgehead atoms. The van der Waals surface area contributed by atoms with Crippen molar-refractivity contribution in [2.75, 3.05) is 11.9 Å². The first-order chi connectivity index (χ1) is 24.6. The molecule has 256 valence electrons. The standard InChI is InChI=1S/C40H33IN4O6/c1-25-3-7-28(8-4-25)29-11-13-31(14-12-29)39-43-38(44-51-39)30-9-5-27(6-10-30)23-45(24-37(47)48)40(49)32-15-18-34(19-16-32)42-36(46)22-33-17-20-35(50-41)21-26(33)2/h3-21H,22-24H2,1-2H3,(H,42,46)(H,47,48). The number of carbonyl (C=O) groups excluding carboxylic acids is 2. The van der Waals surface area contributed by atoms with Crippen LogP contribution in [0.5, 0.6) is 5.75 Å². The number of amides is 2. The fraction of sp³-hybridized carbons (Fsp3) is 0.125. The van der Waals surface area contributed by atoms with E-state index in [1.807, 2.05) is 66.3 Å². The van der Waals surface area contributed by atoms with Gasteiger partial charge in [0, 0.05) is 28.9 Å². The Hall–Kier alpha value is -5.82. The van der Waals surface area contributed by atoms with Gasteiger partial charge in [-0.15, -0.1) is 0 Å². The molecule has 0 spiro atoms. The van der Waals surface area contributed by atoms with Gasteiger partial charge >= 0.3 is 5.97 Å². The number of anilines is 1. The molecule has 0 aliphatic rings. The van der Waals surface area contributed by atoms with Crippen molar-refractivity contribution in [3.05, 3.63) is 143 Å². The van der Waals surface area contributed by atoms with Crippen molar-refractivity contribution in [3.63, 3.8) is 0 Å². The minimum Gasteiger partial charge on any atom is -0.480 e. The molecule has 1 heterocycles. The Morgan fingerprint density at radius 1 is 0.804 bits per heavy atom. The molecule has 0 radical (unpaired) electrons. The van der Waals surface area contributed by atoms with E-state index in [2.05, 4.69) is 46.6 Å². The molecule has 0 unspecified atom stereocenters. The Morgan fingerprint density at radius 3 is 2.06 bits per heavy atom. The molecule has 0 aliphatic heterocycles. The third-order valence-electron chi connectivity index (χ3n) is 8.31. The van der Waals surface area contributed by atoms with Crippen molar-refractivity contribution >= 4 is 46.5 Å². The van der Waals surface area contributed by atoms with Gasteiger partial charge in [-0.1, -0.05) is 77.5 Å². The maximum absolute atomic E-state index is 13.4. The zero-order valence-corrected chi connectivity index (χ0v) is 30.0. The van der Waals surface area contributed by atoms with Gasteiger partial charge < -0.3 is 22.9 Å². The molecule has 6 aromatic rings. The van der Waals surface area contributed by atoms with Crippen LogP contribution in [0.2, 0.25) is 0 Å². The normalized spacial score (nSPS) is 10.8. The molecule has 11 heteroatoms. The molecule has 10 nitrogen and oxygen atoms in total. The van der Waals surface area contributed by atoms with E-state index in [1.165, 1.54) is 10.5 Å². The molecule has 0 saturated heterocycles. The molecule has 0 saturated carbocycles. The Labute approximate surface area is 308 Å². The maximum Gasteiger partial charge on any atom is 0.323 e. The summed E-state index contributed by atoms with van der Waals surface area (Å²) in [6.45, 7) is 3.55. The van der Waals surface area contributed by atoms with Crippen LogP contribution in [0, 0.1) is 13.8 Å². The number of aryl methyl sites for hydroxylation is 2. The van der Waals surface area contributed by atoms with Crippen molar-refractivity contribution in [1.82, 2.24) is 15.0 Å². The average Bonchev–Trinajstić information content (AvgIpc) is 3.63. The van der Waals surface area contributed by atoms with Gasteiger partial charge in [0.15, 0.2) is 23.0 Å². The zero-order chi connectivity index (χ0) is 35.9. The van der Waals surface area contributed by atoms with Gasteiger partial charge in [-0.25, -0.2) is 0 Å². The SMILES string of the molecule is Cc1ccc(-c2ccc(-c3nc(-c4ccc(CN(CC(=O)O)C(=O)c5ccc(NC(=O)Cc6ccc(OI)cc6C)cc5)cc4)no3)cc2)cc1. The summed E-state index contributed by atoms with van der Waals surface area (Å²) >= 11 is 1.81. The molecule has 2 N–H and O–H groups in total. The summed E-state index contributed by atoms with van der Waals surface area (Å²) in [6.07, 6.45) is 0.176. The van der Waals surface area contributed by atoms with Crippen LogP contribution in [0.4, 0.5) is 5.69 Å². The summed E-state index contributed by atoms with van der Waals surface area (Å²) in [5.41, 5.74) is 8.26. The van der Waals surface area contributed by atoms with Crippen molar-refractivity contribution in [2.45, 2.75) is 26.8 Å². The number of aromatic nitrogens is 2. The summed E-state index contributed by atoms with van der Waals surface area (Å²) in [7, 11) is 0. The van der Waals surface area contributed by atoms with Gasteiger partial charge in [0.25, 0.3) is 11.8 Å². The number of nitrogens with zero attached hydrogens (tertiary/aromatic N) is 3. The van der Waals surface area contributed by atoms with Gasteiger partial charge in [-0.3, -0.25) is 14.4 Å². The first-order valence-corrected chi connectivity index (χ1v) is 16.9. The second kappa shape index (κ2) is 15.8. The summed E-state index contributed by atoms with van der Waals surface area (Å²) in [5, 5.41) is 16.6. The van der Waals surface area contributed by atoms with E-state index in [4.69, 9.17) is 7.59 Å². The highest BCUT2D eigenvalue weighted by Gasteiger charge is 2.20. The molecule has 0 atom stereocenters. The van der Waals surface area contributed by atoms with Crippen LogP contribution in [0.1, 0.15) is 32.6 Å². The Balaban J connectivity index is 1.08.